The summed E-state index contributed by atoms with van der Waals surface area (Å²) in [5, 5.41) is 14.3. The molecule has 21 heavy (non-hydrogen) atoms. The van der Waals surface area contributed by atoms with Crippen LogP contribution in [-0.2, 0) is 6.54 Å². The lowest BCUT2D eigenvalue weighted by Crippen LogP contribution is -2.17. The molecule has 0 fully saturated rings. The average Bonchev–Trinajstić information content (AvgIpc) is 2.85. The van der Waals surface area contributed by atoms with E-state index in [1.807, 2.05) is 6.92 Å². The van der Waals surface area contributed by atoms with Crippen molar-refractivity contribution in [3.8, 4) is 5.75 Å². The van der Waals surface area contributed by atoms with E-state index in [9.17, 15) is 18.3 Å². The smallest absolute Gasteiger partial charge is 0.406 e. The van der Waals surface area contributed by atoms with Crippen LogP contribution in [0.3, 0.4) is 0 Å². The fourth-order valence-corrected chi connectivity index (χ4v) is 1.95. The molecule has 1 N–H and O–H groups in total. The SMILES string of the molecule is CCCn1cc(C(O)c2cccc(OC(F)(F)F)c2)cn1. The van der Waals surface area contributed by atoms with Crippen molar-refractivity contribution in [2.24, 2.45) is 0 Å². The minimum absolute atomic E-state index is 0.313. The lowest BCUT2D eigenvalue weighted by Gasteiger charge is -2.12. The summed E-state index contributed by atoms with van der Waals surface area (Å²) in [6, 6.07) is 5.28. The molecule has 4 nitrogen and oxygen atoms in total. The Balaban J connectivity index is 2.18. The highest BCUT2D eigenvalue weighted by Gasteiger charge is 2.31. The van der Waals surface area contributed by atoms with Crippen LogP contribution in [0.25, 0.3) is 0 Å². The first kappa shape index (κ1) is 15.4. The number of aromatic nitrogens is 2. The fraction of sp³-hybridized carbons (Fsp3) is 0.357. The van der Waals surface area contributed by atoms with E-state index in [0.29, 0.717) is 17.7 Å². The molecule has 0 saturated heterocycles. The van der Waals surface area contributed by atoms with Gasteiger partial charge in [0.2, 0.25) is 0 Å². The lowest BCUT2D eigenvalue weighted by atomic mass is 10.0. The van der Waals surface area contributed by atoms with E-state index in [1.165, 1.54) is 24.4 Å². The summed E-state index contributed by atoms with van der Waals surface area (Å²) in [4.78, 5) is 0. The minimum atomic E-state index is -4.75. The molecule has 7 heteroatoms. The second-order valence-corrected chi connectivity index (χ2v) is 4.56. The van der Waals surface area contributed by atoms with Crippen LogP contribution in [0, 0.1) is 0 Å². The van der Waals surface area contributed by atoms with Gasteiger partial charge in [-0.1, -0.05) is 19.1 Å². The minimum Gasteiger partial charge on any atom is -0.406 e. The molecule has 1 unspecified atom stereocenters. The third kappa shape index (κ3) is 4.22. The van der Waals surface area contributed by atoms with Crippen LogP contribution in [0.15, 0.2) is 36.7 Å². The highest BCUT2D eigenvalue weighted by atomic mass is 19.4. The number of hydrogen-bond acceptors (Lipinski definition) is 3. The fourth-order valence-electron chi connectivity index (χ4n) is 1.95. The topological polar surface area (TPSA) is 47.3 Å². The second-order valence-electron chi connectivity index (χ2n) is 4.56. The molecule has 2 rings (SSSR count). The van der Waals surface area contributed by atoms with E-state index in [2.05, 4.69) is 9.84 Å². The molecular weight excluding hydrogens is 285 g/mol. The van der Waals surface area contributed by atoms with Gasteiger partial charge >= 0.3 is 6.36 Å². The molecule has 0 amide bonds. The molecule has 0 saturated carbocycles. The average molecular weight is 300 g/mol. The van der Waals surface area contributed by atoms with E-state index in [4.69, 9.17) is 0 Å². The summed E-state index contributed by atoms with van der Waals surface area (Å²) in [5.74, 6) is -0.361. The van der Waals surface area contributed by atoms with E-state index in [-0.39, 0.29) is 5.75 Å². The summed E-state index contributed by atoms with van der Waals surface area (Å²) in [7, 11) is 0. The number of halogens is 3. The van der Waals surface area contributed by atoms with Crippen molar-refractivity contribution in [1.29, 1.82) is 0 Å². The Morgan fingerprint density at radius 1 is 1.33 bits per heavy atom. The number of aliphatic hydroxyl groups is 1. The van der Waals surface area contributed by atoms with Crippen LogP contribution in [0.2, 0.25) is 0 Å². The molecule has 0 spiro atoms. The second kappa shape index (κ2) is 6.17. The quantitative estimate of drug-likeness (QED) is 0.922. The van der Waals surface area contributed by atoms with Crippen molar-refractivity contribution < 1.29 is 23.0 Å². The molecular formula is C14H15F3N2O2. The summed E-state index contributed by atoms with van der Waals surface area (Å²) in [6.45, 7) is 2.71. The monoisotopic (exact) mass is 300 g/mol. The van der Waals surface area contributed by atoms with Crippen molar-refractivity contribution in [2.45, 2.75) is 32.4 Å². The van der Waals surface area contributed by atoms with Crippen LogP contribution in [0.5, 0.6) is 5.75 Å². The van der Waals surface area contributed by atoms with Crippen molar-refractivity contribution in [3.05, 3.63) is 47.8 Å². The van der Waals surface area contributed by atoms with Crippen LogP contribution in [0.1, 0.15) is 30.6 Å². The van der Waals surface area contributed by atoms with E-state index < -0.39 is 12.5 Å². The van der Waals surface area contributed by atoms with E-state index >= 15 is 0 Å². The van der Waals surface area contributed by atoms with Crippen LogP contribution < -0.4 is 4.74 Å². The number of hydrogen-bond donors (Lipinski definition) is 1. The molecule has 0 radical (unpaired) electrons. The van der Waals surface area contributed by atoms with Crippen molar-refractivity contribution in [2.75, 3.05) is 0 Å². The Bertz CT molecular complexity index is 596. The Morgan fingerprint density at radius 3 is 2.76 bits per heavy atom. The van der Waals surface area contributed by atoms with Gasteiger partial charge in [0.1, 0.15) is 11.9 Å². The first-order valence-electron chi connectivity index (χ1n) is 6.45. The molecule has 0 aliphatic carbocycles. The van der Waals surface area contributed by atoms with Gasteiger partial charge in [-0.2, -0.15) is 5.10 Å². The van der Waals surface area contributed by atoms with Gasteiger partial charge in [0.05, 0.1) is 6.20 Å². The molecule has 1 heterocycles. The Labute approximate surface area is 119 Å². The first-order chi connectivity index (χ1) is 9.89. The number of nitrogens with zero attached hydrogens (tertiary/aromatic N) is 2. The van der Waals surface area contributed by atoms with Crippen LogP contribution in [0.4, 0.5) is 13.2 Å². The highest BCUT2D eigenvalue weighted by molar-refractivity contribution is 5.34. The molecule has 1 atom stereocenters. The molecule has 1 aromatic carbocycles. The number of alkyl halides is 3. The Kier molecular flexibility index (Phi) is 4.52. The maximum atomic E-state index is 12.2. The lowest BCUT2D eigenvalue weighted by molar-refractivity contribution is -0.274. The maximum absolute atomic E-state index is 12.2. The van der Waals surface area contributed by atoms with Gasteiger partial charge in [0.15, 0.2) is 0 Å². The Morgan fingerprint density at radius 2 is 2.10 bits per heavy atom. The van der Waals surface area contributed by atoms with Crippen molar-refractivity contribution in [1.82, 2.24) is 9.78 Å². The van der Waals surface area contributed by atoms with Gasteiger partial charge in [0, 0.05) is 18.3 Å². The third-order valence-electron chi connectivity index (χ3n) is 2.83. The normalized spacial score (nSPS) is 13.2. The number of benzene rings is 1. The third-order valence-corrected chi connectivity index (χ3v) is 2.83. The molecule has 1 aromatic heterocycles. The first-order valence-corrected chi connectivity index (χ1v) is 6.45. The predicted octanol–water partition coefficient (Wildman–Crippen LogP) is 3.27. The summed E-state index contributed by atoms with van der Waals surface area (Å²) >= 11 is 0. The highest BCUT2D eigenvalue weighted by Crippen LogP contribution is 2.28. The van der Waals surface area contributed by atoms with E-state index in [1.54, 1.807) is 10.9 Å². The van der Waals surface area contributed by atoms with Gasteiger partial charge in [0.25, 0.3) is 0 Å². The van der Waals surface area contributed by atoms with Crippen LogP contribution in [-0.4, -0.2) is 21.2 Å². The van der Waals surface area contributed by atoms with Crippen LogP contribution >= 0.6 is 0 Å². The maximum Gasteiger partial charge on any atom is 0.573 e. The van der Waals surface area contributed by atoms with Gasteiger partial charge in [-0.3, -0.25) is 4.68 Å². The number of aryl methyl sites for hydroxylation is 1. The van der Waals surface area contributed by atoms with Crippen molar-refractivity contribution >= 4 is 0 Å². The van der Waals surface area contributed by atoms with Gasteiger partial charge in [-0.05, 0) is 24.1 Å². The van der Waals surface area contributed by atoms with E-state index in [0.717, 1.165) is 12.5 Å². The summed E-state index contributed by atoms with van der Waals surface area (Å²) in [6.07, 6.45) is -1.74. The Hall–Kier alpha value is -2.02. The largest absolute Gasteiger partial charge is 0.573 e. The molecule has 114 valence electrons. The van der Waals surface area contributed by atoms with Gasteiger partial charge < -0.3 is 9.84 Å². The zero-order chi connectivity index (χ0) is 15.5. The zero-order valence-corrected chi connectivity index (χ0v) is 11.3. The van der Waals surface area contributed by atoms with Gasteiger partial charge in [-0.25, -0.2) is 0 Å². The standard InChI is InChI=1S/C14H15F3N2O2/c1-2-6-19-9-11(8-18-19)13(20)10-4-3-5-12(7-10)21-14(15,16)17/h3-5,7-9,13,20H,2,6H2,1H3. The summed E-state index contributed by atoms with van der Waals surface area (Å²) in [5.41, 5.74) is 0.834. The number of ether oxygens (including phenoxy) is 1. The predicted molar refractivity (Wildman–Crippen MR) is 69.7 cm³/mol. The molecule has 0 aliphatic rings. The number of aliphatic hydroxyl groups excluding tert-OH is 1. The van der Waals surface area contributed by atoms with Crippen molar-refractivity contribution in [3.63, 3.8) is 0 Å². The number of rotatable bonds is 5. The molecule has 0 aliphatic heterocycles. The van der Waals surface area contributed by atoms with Gasteiger partial charge in [-0.15, -0.1) is 13.2 Å². The molecule has 0 bridgehead atoms. The molecule has 2 aromatic rings. The summed E-state index contributed by atoms with van der Waals surface area (Å²) < 4.78 is 42.1. The zero-order valence-electron chi connectivity index (χ0n) is 11.3.